The average Bonchev–Trinajstić information content (AvgIpc) is 3.29. The molecule has 39 heavy (non-hydrogen) atoms. The van der Waals surface area contributed by atoms with E-state index >= 15 is 0 Å². The van der Waals surface area contributed by atoms with Crippen LogP contribution in [0.5, 0.6) is 5.75 Å². The summed E-state index contributed by atoms with van der Waals surface area (Å²) in [6.45, 7) is 3.11. The van der Waals surface area contributed by atoms with E-state index in [-0.39, 0.29) is 37.1 Å². The second kappa shape index (κ2) is 13.2. The Hall–Kier alpha value is -3.30. The first kappa shape index (κ1) is 28.7. The molecule has 0 spiro atoms. The van der Waals surface area contributed by atoms with E-state index in [1.54, 1.807) is 24.3 Å². The van der Waals surface area contributed by atoms with Crippen molar-refractivity contribution in [2.45, 2.75) is 38.3 Å². The predicted molar refractivity (Wildman–Crippen MR) is 149 cm³/mol. The Morgan fingerprint density at radius 3 is 2.54 bits per heavy atom. The molecular formula is C28H32Cl2N4O5. The van der Waals surface area contributed by atoms with Gasteiger partial charge in [0.25, 0.3) is 5.91 Å². The van der Waals surface area contributed by atoms with Crippen LogP contribution in [-0.4, -0.2) is 79.7 Å². The minimum atomic E-state index is -0.692. The molecule has 208 valence electrons. The van der Waals surface area contributed by atoms with Crippen LogP contribution < -0.4 is 15.0 Å². The number of benzene rings is 2. The number of halogens is 2. The quantitative estimate of drug-likeness (QED) is 0.325. The number of piperazine rings is 1. The van der Waals surface area contributed by atoms with Crippen molar-refractivity contribution < 1.29 is 23.9 Å². The van der Waals surface area contributed by atoms with E-state index in [1.807, 2.05) is 17.0 Å². The Labute approximate surface area is 238 Å². The number of carbonyl (C=O) groups is 4. The highest BCUT2D eigenvalue weighted by Crippen LogP contribution is 2.34. The molecule has 0 bridgehead atoms. The van der Waals surface area contributed by atoms with Crippen LogP contribution in [0.4, 0.5) is 5.69 Å². The first-order valence-electron chi connectivity index (χ1n) is 13.0. The average molecular weight is 575 g/mol. The van der Waals surface area contributed by atoms with Crippen LogP contribution >= 0.6 is 23.2 Å². The first-order chi connectivity index (χ1) is 18.8. The molecule has 4 rings (SSSR count). The molecule has 2 aromatic carbocycles. The summed E-state index contributed by atoms with van der Waals surface area (Å²) in [5, 5.41) is 3.56. The number of nitrogens with zero attached hydrogens (tertiary/aromatic N) is 3. The number of hydrogen-bond acceptors (Lipinski definition) is 6. The summed E-state index contributed by atoms with van der Waals surface area (Å²) in [5.74, 6) is 0.202. The van der Waals surface area contributed by atoms with Crippen molar-refractivity contribution in [1.29, 1.82) is 0 Å². The van der Waals surface area contributed by atoms with Crippen LogP contribution in [0.15, 0.2) is 36.4 Å². The van der Waals surface area contributed by atoms with Crippen molar-refractivity contribution in [2.24, 2.45) is 0 Å². The third-order valence-corrected chi connectivity index (χ3v) is 7.96. The number of aldehydes is 1. The molecule has 2 aliphatic heterocycles. The molecule has 1 atom stereocenters. The molecule has 1 saturated heterocycles. The van der Waals surface area contributed by atoms with Crippen molar-refractivity contribution in [2.75, 3.05) is 44.7 Å². The molecule has 11 heteroatoms. The van der Waals surface area contributed by atoms with Crippen molar-refractivity contribution in [3.05, 3.63) is 57.6 Å². The molecule has 1 unspecified atom stereocenters. The number of fused-ring (bicyclic) bond motifs is 1. The van der Waals surface area contributed by atoms with Crippen molar-refractivity contribution in [3.8, 4) is 5.75 Å². The van der Waals surface area contributed by atoms with Gasteiger partial charge in [-0.3, -0.25) is 14.4 Å². The van der Waals surface area contributed by atoms with Gasteiger partial charge in [-0.25, -0.2) is 0 Å². The first-order valence-corrected chi connectivity index (χ1v) is 13.8. The van der Waals surface area contributed by atoms with Crippen LogP contribution in [0.1, 0.15) is 41.6 Å². The van der Waals surface area contributed by atoms with E-state index in [2.05, 4.69) is 10.2 Å². The summed E-state index contributed by atoms with van der Waals surface area (Å²) in [6.07, 6.45) is 2.00. The summed E-state index contributed by atoms with van der Waals surface area (Å²) in [5.41, 5.74) is 2.09. The number of amides is 3. The summed E-state index contributed by atoms with van der Waals surface area (Å²) < 4.78 is 5.97. The minimum absolute atomic E-state index is 0.0695. The Morgan fingerprint density at radius 2 is 1.82 bits per heavy atom. The molecule has 9 nitrogen and oxygen atoms in total. The monoisotopic (exact) mass is 574 g/mol. The summed E-state index contributed by atoms with van der Waals surface area (Å²) in [6, 6.07) is 10.1. The van der Waals surface area contributed by atoms with E-state index in [0.717, 1.165) is 11.3 Å². The zero-order valence-electron chi connectivity index (χ0n) is 21.8. The van der Waals surface area contributed by atoms with Crippen molar-refractivity contribution in [3.63, 3.8) is 0 Å². The van der Waals surface area contributed by atoms with Gasteiger partial charge in [-0.2, -0.15) is 0 Å². The van der Waals surface area contributed by atoms with E-state index in [1.165, 1.54) is 11.9 Å². The highest BCUT2D eigenvalue weighted by molar-refractivity contribution is 6.43. The number of ether oxygens (including phenoxy) is 1. The van der Waals surface area contributed by atoms with Crippen LogP contribution in [0.3, 0.4) is 0 Å². The summed E-state index contributed by atoms with van der Waals surface area (Å²) in [4.78, 5) is 54.5. The highest BCUT2D eigenvalue weighted by Gasteiger charge is 2.34. The smallest absolute Gasteiger partial charge is 0.255 e. The molecule has 0 aromatic heterocycles. The molecule has 1 N–H and O–H groups in total. The maximum absolute atomic E-state index is 13.0. The lowest BCUT2D eigenvalue weighted by Crippen LogP contribution is -2.48. The van der Waals surface area contributed by atoms with E-state index in [9.17, 15) is 19.2 Å². The molecule has 2 aromatic rings. The number of anilines is 1. The van der Waals surface area contributed by atoms with Gasteiger partial charge in [0.2, 0.25) is 11.8 Å². The van der Waals surface area contributed by atoms with Gasteiger partial charge in [0.1, 0.15) is 12.0 Å². The normalized spacial score (nSPS) is 15.7. The van der Waals surface area contributed by atoms with Gasteiger partial charge < -0.3 is 29.5 Å². The molecule has 0 aliphatic carbocycles. The third-order valence-electron chi connectivity index (χ3n) is 7.15. The van der Waals surface area contributed by atoms with Gasteiger partial charge in [-0.1, -0.05) is 35.3 Å². The van der Waals surface area contributed by atoms with Crippen molar-refractivity contribution >= 4 is 52.9 Å². The Balaban J connectivity index is 1.25. The maximum Gasteiger partial charge on any atom is 0.255 e. The molecule has 2 heterocycles. The van der Waals surface area contributed by atoms with Crippen LogP contribution in [0, 0.1) is 0 Å². The van der Waals surface area contributed by atoms with Gasteiger partial charge in [0, 0.05) is 57.2 Å². The molecule has 3 amide bonds. The molecular weight excluding hydrogens is 543 g/mol. The Morgan fingerprint density at radius 1 is 1.08 bits per heavy atom. The number of rotatable bonds is 11. The predicted octanol–water partition coefficient (Wildman–Crippen LogP) is 3.55. The highest BCUT2D eigenvalue weighted by atomic mass is 35.5. The molecule has 2 aliphatic rings. The third kappa shape index (κ3) is 6.65. The lowest BCUT2D eigenvalue weighted by Gasteiger charge is -2.36. The molecule has 1 fully saturated rings. The van der Waals surface area contributed by atoms with E-state index in [0.29, 0.717) is 73.3 Å². The van der Waals surface area contributed by atoms with Gasteiger partial charge >= 0.3 is 0 Å². The van der Waals surface area contributed by atoms with Crippen LogP contribution in [-0.2, 0) is 20.9 Å². The maximum atomic E-state index is 13.0. The minimum Gasteiger partial charge on any atom is -0.493 e. The fourth-order valence-electron chi connectivity index (χ4n) is 4.93. The second-order valence-electron chi connectivity index (χ2n) is 9.52. The van der Waals surface area contributed by atoms with E-state index in [4.69, 9.17) is 27.9 Å². The zero-order chi connectivity index (χ0) is 27.9. The van der Waals surface area contributed by atoms with Crippen molar-refractivity contribution in [1.82, 2.24) is 15.1 Å². The standard InChI is InChI=1S/C28H32Cl2N4O5/c1-31-25(36)11-10-19(18-35)34-17-21-20(28(34)38)5-2-8-24(21)39-16-4-9-26(37)33-14-12-32(13-15-33)23-7-3-6-22(29)27(23)30/h2-3,5-8,18-19H,4,9-17H2,1H3,(H,31,36). The largest absolute Gasteiger partial charge is 0.493 e. The van der Waals surface area contributed by atoms with E-state index < -0.39 is 6.04 Å². The number of hydrogen-bond donors (Lipinski definition) is 1. The van der Waals surface area contributed by atoms with Crippen LogP contribution in [0.2, 0.25) is 10.0 Å². The van der Waals surface area contributed by atoms with Gasteiger partial charge in [0.05, 0.1) is 34.9 Å². The topological polar surface area (TPSA) is 99.3 Å². The second-order valence-corrected chi connectivity index (χ2v) is 10.3. The molecule has 0 radical (unpaired) electrons. The number of nitrogens with one attached hydrogen (secondary N) is 1. The van der Waals surface area contributed by atoms with Crippen LogP contribution in [0.25, 0.3) is 0 Å². The molecule has 0 saturated carbocycles. The fourth-order valence-corrected chi connectivity index (χ4v) is 5.34. The SMILES string of the molecule is CNC(=O)CCC(C=O)N1Cc2c(OCCCC(=O)N3CCN(c4cccc(Cl)c4Cl)CC3)cccc2C1=O. The lowest BCUT2D eigenvalue weighted by molar-refractivity contribution is -0.131. The fraction of sp³-hybridized carbons (Fsp3) is 0.429. The van der Waals surface area contributed by atoms with Gasteiger partial charge in [0.15, 0.2) is 0 Å². The summed E-state index contributed by atoms with van der Waals surface area (Å²) >= 11 is 12.5. The lowest BCUT2D eigenvalue weighted by atomic mass is 10.1. The van der Waals surface area contributed by atoms with Gasteiger partial charge in [-0.05, 0) is 37.1 Å². The Bertz CT molecular complexity index is 1230. The number of carbonyl (C=O) groups excluding carboxylic acids is 4. The Kier molecular flexibility index (Phi) is 9.69. The van der Waals surface area contributed by atoms with Gasteiger partial charge in [-0.15, -0.1) is 0 Å². The zero-order valence-corrected chi connectivity index (χ0v) is 23.3. The summed E-state index contributed by atoms with van der Waals surface area (Å²) in [7, 11) is 1.53.